The van der Waals surface area contributed by atoms with Gasteiger partial charge in [-0.15, -0.1) is 0 Å². The lowest BCUT2D eigenvalue weighted by Gasteiger charge is -2.16. The van der Waals surface area contributed by atoms with Gasteiger partial charge < -0.3 is 9.73 Å². The van der Waals surface area contributed by atoms with Gasteiger partial charge in [-0.2, -0.15) is 0 Å². The van der Waals surface area contributed by atoms with Crippen LogP contribution in [0, 0.1) is 20.8 Å². The summed E-state index contributed by atoms with van der Waals surface area (Å²) in [6.07, 6.45) is 0.955. The maximum atomic E-state index is 5.72. The van der Waals surface area contributed by atoms with E-state index in [4.69, 9.17) is 4.42 Å². The lowest BCUT2D eigenvalue weighted by molar-refractivity contribution is 0.414. The fraction of sp³-hybridized carbons (Fsp3) is 0.375. The first kappa shape index (κ1) is 12.9. The predicted octanol–water partition coefficient (Wildman–Crippen LogP) is 3.71. The summed E-state index contributed by atoms with van der Waals surface area (Å²) in [4.78, 5) is 0. The fourth-order valence-corrected chi connectivity index (χ4v) is 2.23. The first-order valence-electron chi connectivity index (χ1n) is 6.40. The van der Waals surface area contributed by atoms with Crippen LogP contribution in [0.3, 0.4) is 0 Å². The van der Waals surface area contributed by atoms with Crippen LogP contribution in [0.25, 0.3) is 0 Å². The van der Waals surface area contributed by atoms with Crippen LogP contribution in [0.5, 0.6) is 0 Å². The van der Waals surface area contributed by atoms with E-state index < -0.39 is 0 Å². The van der Waals surface area contributed by atoms with Crippen molar-refractivity contribution in [2.24, 2.45) is 0 Å². The highest BCUT2D eigenvalue weighted by atomic mass is 16.3. The molecule has 0 aliphatic carbocycles. The van der Waals surface area contributed by atoms with E-state index in [1.54, 1.807) is 0 Å². The van der Waals surface area contributed by atoms with E-state index in [0.717, 1.165) is 17.9 Å². The van der Waals surface area contributed by atoms with Gasteiger partial charge in [-0.3, -0.25) is 0 Å². The van der Waals surface area contributed by atoms with Crippen molar-refractivity contribution in [3.8, 4) is 0 Å². The zero-order valence-electron chi connectivity index (χ0n) is 11.6. The van der Waals surface area contributed by atoms with Gasteiger partial charge >= 0.3 is 0 Å². The van der Waals surface area contributed by atoms with E-state index in [0.29, 0.717) is 0 Å². The summed E-state index contributed by atoms with van der Waals surface area (Å²) in [5, 5.41) is 3.33. The van der Waals surface area contributed by atoms with Crippen molar-refractivity contribution >= 4 is 0 Å². The Labute approximate surface area is 109 Å². The van der Waals surface area contributed by atoms with Crippen LogP contribution in [-0.4, -0.2) is 7.05 Å². The summed E-state index contributed by atoms with van der Waals surface area (Å²) < 4.78 is 5.72. The average Bonchev–Trinajstić information content (AvgIpc) is 2.77. The maximum Gasteiger partial charge on any atom is 0.121 e. The van der Waals surface area contributed by atoms with Crippen molar-refractivity contribution in [2.75, 3.05) is 7.05 Å². The second-order valence-electron chi connectivity index (χ2n) is 4.92. The molecule has 0 fully saturated rings. The molecule has 0 bridgehead atoms. The van der Waals surface area contributed by atoms with E-state index in [-0.39, 0.29) is 6.04 Å². The summed E-state index contributed by atoms with van der Waals surface area (Å²) in [7, 11) is 1.98. The Hall–Kier alpha value is -1.54. The molecule has 96 valence electrons. The van der Waals surface area contributed by atoms with E-state index in [1.165, 1.54) is 16.7 Å². The van der Waals surface area contributed by atoms with Gasteiger partial charge in [0.05, 0.1) is 6.04 Å². The number of furan rings is 1. The zero-order valence-corrected chi connectivity index (χ0v) is 11.6. The fourth-order valence-electron chi connectivity index (χ4n) is 2.23. The third-order valence-electron chi connectivity index (χ3n) is 3.38. The molecule has 0 amide bonds. The Morgan fingerprint density at radius 2 is 1.89 bits per heavy atom. The minimum absolute atomic E-state index is 0.235. The number of aryl methyl sites for hydroxylation is 3. The Balaban J connectivity index is 2.22. The summed E-state index contributed by atoms with van der Waals surface area (Å²) in [5.74, 6) is 1.97. The molecule has 1 atom stereocenters. The first-order valence-corrected chi connectivity index (χ1v) is 6.40. The Morgan fingerprint density at radius 3 is 2.50 bits per heavy atom. The molecule has 18 heavy (non-hydrogen) atoms. The van der Waals surface area contributed by atoms with Crippen LogP contribution in [-0.2, 0) is 6.42 Å². The van der Waals surface area contributed by atoms with Gasteiger partial charge in [0, 0.05) is 0 Å². The number of nitrogens with one attached hydrogen (secondary N) is 1. The van der Waals surface area contributed by atoms with Crippen molar-refractivity contribution in [1.29, 1.82) is 0 Å². The quantitative estimate of drug-likeness (QED) is 0.885. The first-order chi connectivity index (χ1) is 8.60. The molecule has 1 heterocycles. The summed E-state index contributed by atoms with van der Waals surface area (Å²) in [6.45, 7) is 6.28. The Bertz CT molecular complexity index is 528. The molecule has 2 nitrogen and oxygen atoms in total. The highest BCUT2D eigenvalue weighted by Gasteiger charge is 2.14. The van der Waals surface area contributed by atoms with Gasteiger partial charge in [-0.1, -0.05) is 23.8 Å². The highest BCUT2D eigenvalue weighted by molar-refractivity contribution is 5.31. The molecule has 1 aromatic heterocycles. The highest BCUT2D eigenvalue weighted by Crippen LogP contribution is 2.22. The second-order valence-corrected chi connectivity index (χ2v) is 4.92. The molecular formula is C16H21NO. The second kappa shape index (κ2) is 5.40. The van der Waals surface area contributed by atoms with E-state index in [9.17, 15) is 0 Å². The Morgan fingerprint density at radius 1 is 1.11 bits per heavy atom. The third-order valence-corrected chi connectivity index (χ3v) is 3.38. The van der Waals surface area contributed by atoms with Gasteiger partial charge in [-0.05, 0) is 57.5 Å². The van der Waals surface area contributed by atoms with Crippen molar-refractivity contribution in [1.82, 2.24) is 5.32 Å². The number of rotatable bonds is 4. The van der Waals surface area contributed by atoms with Gasteiger partial charge in [0.15, 0.2) is 0 Å². The number of hydrogen-bond acceptors (Lipinski definition) is 2. The normalized spacial score (nSPS) is 12.7. The molecule has 0 spiro atoms. The van der Waals surface area contributed by atoms with Crippen molar-refractivity contribution in [2.45, 2.75) is 33.2 Å². The Kier molecular flexibility index (Phi) is 3.87. The van der Waals surface area contributed by atoms with Crippen LogP contribution in [0.4, 0.5) is 0 Å². The molecule has 0 aliphatic heterocycles. The van der Waals surface area contributed by atoms with Gasteiger partial charge in [0.2, 0.25) is 0 Å². The molecule has 2 aromatic rings. The minimum Gasteiger partial charge on any atom is -0.465 e. The van der Waals surface area contributed by atoms with Crippen molar-refractivity contribution < 1.29 is 4.42 Å². The number of hydrogen-bond donors (Lipinski definition) is 1. The van der Waals surface area contributed by atoms with E-state index in [1.807, 2.05) is 20.0 Å². The van der Waals surface area contributed by atoms with Crippen molar-refractivity contribution in [3.05, 3.63) is 58.5 Å². The van der Waals surface area contributed by atoms with Gasteiger partial charge in [0.25, 0.3) is 0 Å². The minimum atomic E-state index is 0.235. The lowest BCUT2D eigenvalue weighted by atomic mass is 9.98. The zero-order chi connectivity index (χ0) is 13.1. The van der Waals surface area contributed by atoms with Gasteiger partial charge in [-0.25, -0.2) is 0 Å². The lowest BCUT2D eigenvalue weighted by Crippen LogP contribution is -2.18. The van der Waals surface area contributed by atoms with Crippen LogP contribution >= 0.6 is 0 Å². The smallest absolute Gasteiger partial charge is 0.121 e. The molecule has 0 saturated carbocycles. The average molecular weight is 243 g/mol. The predicted molar refractivity (Wildman–Crippen MR) is 74.9 cm³/mol. The summed E-state index contributed by atoms with van der Waals surface area (Å²) in [5.41, 5.74) is 4.02. The molecule has 2 rings (SSSR count). The molecule has 0 saturated heterocycles. The molecule has 2 heteroatoms. The largest absolute Gasteiger partial charge is 0.465 e. The van der Waals surface area contributed by atoms with Crippen LogP contribution < -0.4 is 5.32 Å². The standard InChI is InChI=1S/C16H21NO/c1-11-5-6-12(2)14(9-11)10-15(17-4)16-8-7-13(3)18-16/h5-9,15,17H,10H2,1-4H3. The molecule has 1 N–H and O–H groups in total. The van der Waals surface area contributed by atoms with E-state index in [2.05, 4.69) is 43.4 Å². The molecule has 1 aromatic carbocycles. The van der Waals surface area contributed by atoms with Crippen LogP contribution in [0.2, 0.25) is 0 Å². The summed E-state index contributed by atoms with van der Waals surface area (Å²) >= 11 is 0. The van der Waals surface area contributed by atoms with Crippen molar-refractivity contribution in [3.63, 3.8) is 0 Å². The third kappa shape index (κ3) is 2.82. The summed E-state index contributed by atoms with van der Waals surface area (Å²) in [6, 6.07) is 10.9. The SMILES string of the molecule is CNC(Cc1cc(C)ccc1C)c1ccc(C)o1. The number of likely N-dealkylation sites (N-methyl/N-ethyl adjacent to an activating group) is 1. The molecular weight excluding hydrogens is 222 g/mol. The number of benzene rings is 1. The molecule has 1 unspecified atom stereocenters. The molecule has 0 radical (unpaired) electrons. The monoisotopic (exact) mass is 243 g/mol. The van der Waals surface area contributed by atoms with Crippen LogP contribution in [0.1, 0.15) is 34.3 Å². The molecule has 0 aliphatic rings. The maximum absolute atomic E-state index is 5.72. The van der Waals surface area contributed by atoms with Crippen LogP contribution in [0.15, 0.2) is 34.7 Å². The van der Waals surface area contributed by atoms with Gasteiger partial charge in [0.1, 0.15) is 11.5 Å². The van der Waals surface area contributed by atoms with E-state index >= 15 is 0 Å². The topological polar surface area (TPSA) is 25.2 Å².